The van der Waals surface area contributed by atoms with E-state index in [1.165, 1.54) is 25.2 Å². The fraction of sp³-hybridized carbons (Fsp3) is 0.700. The third kappa shape index (κ3) is 2.71. The molecule has 0 aliphatic heterocycles. The van der Waals surface area contributed by atoms with Crippen LogP contribution < -0.4 is 0 Å². The maximum atomic E-state index is 12.6. The normalized spacial score (nSPS) is 13.3. The monoisotopic (exact) mass is 237 g/mol. The molecule has 0 unspecified atom stereocenters. The Morgan fingerprint density at radius 1 is 1.20 bits per heavy atom. The number of alkyl halides is 3. The van der Waals surface area contributed by atoms with E-state index in [9.17, 15) is 13.2 Å². The minimum atomic E-state index is -4.18. The van der Waals surface area contributed by atoms with Crippen LogP contribution in [0.25, 0.3) is 0 Å². The molecule has 1 rings (SSSR count). The molecule has 1 heterocycles. The summed E-state index contributed by atoms with van der Waals surface area (Å²) < 4.78 is 37.8. The number of hydrogen-bond donors (Lipinski definition) is 0. The van der Waals surface area contributed by atoms with E-state index in [2.05, 4.69) is 4.98 Å². The maximum absolute atomic E-state index is 12.6. The van der Waals surface area contributed by atoms with E-state index >= 15 is 0 Å². The number of aryl methyl sites for hydroxylation is 2. The van der Waals surface area contributed by atoms with Gasteiger partial charge in [-0.05, 0) is 13.8 Å². The molecular weight excluding hydrogens is 223 g/mol. The predicted molar refractivity (Wildman–Crippen MR) is 55.1 cm³/mol. The van der Waals surface area contributed by atoms with Crippen molar-refractivity contribution in [3.63, 3.8) is 0 Å². The summed E-state index contributed by atoms with van der Waals surface area (Å²) >= 11 is 1.35. The Morgan fingerprint density at radius 2 is 1.73 bits per heavy atom. The van der Waals surface area contributed by atoms with Crippen LogP contribution >= 0.6 is 11.3 Å². The molecule has 1 nitrogen and oxygen atoms in total. The third-order valence-corrected chi connectivity index (χ3v) is 3.51. The summed E-state index contributed by atoms with van der Waals surface area (Å²) in [7, 11) is 0. The van der Waals surface area contributed by atoms with Crippen molar-refractivity contribution in [2.45, 2.75) is 40.3 Å². The van der Waals surface area contributed by atoms with Gasteiger partial charge in [-0.15, -0.1) is 11.3 Å². The number of thiazole rings is 1. The highest BCUT2D eigenvalue weighted by Gasteiger charge is 2.47. The predicted octanol–water partition coefficient (Wildman–Crippen LogP) is 3.89. The molecule has 0 saturated carbocycles. The van der Waals surface area contributed by atoms with Crippen LogP contribution in [0.3, 0.4) is 0 Å². The minimum Gasteiger partial charge on any atom is -0.246 e. The number of nitrogens with zero attached hydrogens (tertiary/aromatic N) is 1. The van der Waals surface area contributed by atoms with Gasteiger partial charge in [-0.25, -0.2) is 4.98 Å². The molecule has 0 atom stereocenters. The average Bonchev–Trinajstić information content (AvgIpc) is 2.27. The van der Waals surface area contributed by atoms with Gasteiger partial charge >= 0.3 is 6.18 Å². The van der Waals surface area contributed by atoms with E-state index in [1.54, 1.807) is 0 Å². The first-order valence-corrected chi connectivity index (χ1v) is 5.45. The first-order chi connectivity index (χ1) is 6.63. The fourth-order valence-corrected chi connectivity index (χ4v) is 2.26. The Morgan fingerprint density at radius 3 is 2.07 bits per heavy atom. The van der Waals surface area contributed by atoms with Crippen molar-refractivity contribution in [2.75, 3.05) is 0 Å². The van der Waals surface area contributed by atoms with Crippen molar-refractivity contribution < 1.29 is 13.2 Å². The lowest BCUT2D eigenvalue weighted by atomic mass is 9.89. The highest BCUT2D eigenvalue weighted by atomic mass is 32.1. The number of halogens is 3. The molecule has 0 aromatic carbocycles. The Kier molecular flexibility index (Phi) is 3.14. The lowest BCUT2D eigenvalue weighted by Gasteiger charge is -2.26. The zero-order chi connectivity index (χ0) is 11.9. The fourth-order valence-electron chi connectivity index (χ4n) is 1.09. The smallest absolute Gasteiger partial charge is 0.246 e. The van der Waals surface area contributed by atoms with Gasteiger partial charge in [0, 0.05) is 11.3 Å². The maximum Gasteiger partial charge on any atom is 0.394 e. The second-order valence-electron chi connectivity index (χ2n) is 4.31. The summed E-state index contributed by atoms with van der Waals surface area (Å²) in [6, 6.07) is 0. The van der Waals surface area contributed by atoms with Crippen LogP contribution in [-0.2, 0) is 6.42 Å². The van der Waals surface area contributed by atoms with Crippen LogP contribution in [0, 0.1) is 19.3 Å². The molecule has 15 heavy (non-hydrogen) atoms. The lowest BCUT2D eigenvalue weighted by Crippen LogP contribution is -2.34. The highest BCUT2D eigenvalue weighted by Crippen LogP contribution is 2.40. The molecule has 0 radical (unpaired) electrons. The minimum absolute atomic E-state index is 0.0458. The molecule has 0 amide bonds. The molecule has 1 aromatic rings. The summed E-state index contributed by atoms with van der Waals surface area (Å²) in [5, 5.41) is 0.562. The van der Waals surface area contributed by atoms with Gasteiger partial charge in [-0.1, -0.05) is 13.8 Å². The van der Waals surface area contributed by atoms with Crippen LogP contribution in [0.4, 0.5) is 13.2 Å². The molecule has 86 valence electrons. The van der Waals surface area contributed by atoms with E-state index in [1.807, 2.05) is 13.8 Å². The van der Waals surface area contributed by atoms with E-state index in [0.29, 0.717) is 5.01 Å². The third-order valence-electron chi connectivity index (χ3n) is 2.43. The second kappa shape index (κ2) is 3.77. The lowest BCUT2D eigenvalue weighted by molar-refractivity contribution is -0.211. The second-order valence-corrected chi connectivity index (χ2v) is 5.60. The Hall–Kier alpha value is -0.580. The Balaban J connectivity index is 2.86. The average molecular weight is 237 g/mol. The van der Waals surface area contributed by atoms with Gasteiger partial charge in [0.2, 0.25) is 0 Å². The van der Waals surface area contributed by atoms with Gasteiger partial charge in [-0.3, -0.25) is 0 Å². The van der Waals surface area contributed by atoms with Crippen molar-refractivity contribution in [1.29, 1.82) is 0 Å². The molecular formula is C10H14F3NS. The molecule has 1 aromatic heterocycles. The quantitative estimate of drug-likeness (QED) is 0.760. The van der Waals surface area contributed by atoms with Gasteiger partial charge in [-0.2, -0.15) is 13.2 Å². The number of rotatable bonds is 2. The van der Waals surface area contributed by atoms with Crippen LogP contribution in [-0.4, -0.2) is 11.2 Å². The van der Waals surface area contributed by atoms with Gasteiger partial charge < -0.3 is 0 Å². The van der Waals surface area contributed by atoms with Crippen LogP contribution in [0.2, 0.25) is 0 Å². The van der Waals surface area contributed by atoms with Gasteiger partial charge in [0.15, 0.2) is 0 Å². The van der Waals surface area contributed by atoms with E-state index in [4.69, 9.17) is 0 Å². The Bertz CT molecular complexity index is 333. The Labute approximate surface area is 91.3 Å². The SMILES string of the molecule is Cc1nc(CC(C)(C)C(F)(F)F)sc1C. The molecule has 0 aliphatic rings. The van der Waals surface area contributed by atoms with Crippen molar-refractivity contribution in [3.8, 4) is 0 Å². The summed E-state index contributed by atoms with van der Waals surface area (Å²) in [6.45, 7) is 6.10. The zero-order valence-electron chi connectivity index (χ0n) is 9.20. The molecule has 0 bridgehead atoms. The van der Waals surface area contributed by atoms with E-state index in [-0.39, 0.29) is 6.42 Å². The zero-order valence-corrected chi connectivity index (χ0v) is 10.0. The van der Waals surface area contributed by atoms with E-state index < -0.39 is 11.6 Å². The van der Waals surface area contributed by atoms with Crippen molar-refractivity contribution in [3.05, 3.63) is 15.6 Å². The first-order valence-electron chi connectivity index (χ1n) is 4.63. The van der Waals surface area contributed by atoms with Gasteiger partial charge in [0.25, 0.3) is 0 Å². The largest absolute Gasteiger partial charge is 0.394 e. The van der Waals surface area contributed by atoms with E-state index in [0.717, 1.165) is 10.6 Å². The van der Waals surface area contributed by atoms with Crippen LogP contribution in [0.15, 0.2) is 0 Å². The topological polar surface area (TPSA) is 12.9 Å². The van der Waals surface area contributed by atoms with Gasteiger partial charge in [0.05, 0.1) is 16.1 Å². The molecule has 5 heteroatoms. The summed E-state index contributed by atoms with van der Waals surface area (Å²) in [6.07, 6.45) is -4.23. The summed E-state index contributed by atoms with van der Waals surface area (Å²) in [4.78, 5) is 5.12. The van der Waals surface area contributed by atoms with Crippen LogP contribution in [0.1, 0.15) is 29.4 Å². The summed E-state index contributed by atoms with van der Waals surface area (Å²) in [5.41, 5.74) is -0.878. The number of hydrogen-bond acceptors (Lipinski definition) is 2. The molecule has 0 saturated heterocycles. The standard InChI is InChI=1S/C10H14F3NS/c1-6-7(2)15-8(14-6)5-9(3,4)10(11,12)13/h5H2,1-4H3. The van der Waals surface area contributed by atoms with Crippen molar-refractivity contribution >= 4 is 11.3 Å². The number of aromatic nitrogens is 1. The summed E-state index contributed by atoms with van der Waals surface area (Å²) in [5.74, 6) is 0. The van der Waals surface area contributed by atoms with Crippen molar-refractivity contribution in [2.24, 2.45) is 5.41 Å². The van der Waals surface area contributed by atoms with Gasteiger partial charge in [0.1, 0.15) is 0 Å². The molecule has 0 aliphatic carbocycles. The highest BCUT2D eigenvalue weighted by molar-refractivity contribution is 7.11. The molecule has 0 N–H and O–H groups in total. The molecule has 0 spiro atoms. The first kappa shape index (κ1) is 12.5. The molecule has 0 fully saturated rings. The van der Waals surface area contributed by atoms with Crippen LogP contribution in [0.5, 0.6) is 0 Å². The van der Waals surface area contributed by atoms with Crippen molar-refractivity contribution in [1.82, 2.24) is 4.98 Å².